The Bertz CT molecular complexity index is 693. The number of hydrogen-bond donors (Lipinski definition) is 2. The maximum Gasteiger partial charge on any atom is 0.264 e. The van der Waals surface area contributed by atoms with Gasteiger partial charge in [0.05, 0.1) is 5.02 Å². The van der Waals surface area contributed by atoms with E-state index in [1.807, 2.05) is 6.92 Å². The molecule has 0 aliphatic heterocycles. The highest BCUT2D eigenvalue weighted by Crippen LogP contribution is 2.23. The lowest BCUT2D eigenvalue weighted by Crippen LogP contribution is -2.15. The van der Waals surface area contributed by atoms with Gasteiger partial charge in [-0.2, -0.15) is 5.10 Å². The van der Waals surface area contributed by atoms with E-state index >= 15 is 0 Å². The zero-order valence-electron chi connectivity index (χ0n) is 10.5. The molecular weight excluding hydrogens is 302 g/mol. The Labute approximate surface area is 121 Å². The Morgan fingerprint density at radius 3 is 2.80 bits per heavy atom. The fraction of sp³-hybridized carbons (Fsp3) is 0.182. The number of nitrogens with zero attached hydrogens (tertiary/aromatic N) is 3. The van der Waals surface area contributed by atoms with E-state index in [1.165, 1.54) is 24.5 Å². The van der Waals surface area contributed by atoms with Crippen molar-refractivity contribution < 1.29 is 8.42 Å². The van der Waals surface area contributed by atoms with Crippen LogP contribution in [-0.2, 0) is 10.0 Å². The van der Waals surface area contributed by atoms with Gasteiger partial charge in [0.1, 0.15) is 10.7 Å². The van der Waals surface area contributed by atoms with E-state index in [9.17, 15) is 8.42 Å². The van der Waals surface area contributed by atoms with Crippen molar-refractivity contribution in [3.63, 3.8) is 0 Å². The van der Waals surface area contributed by atoms with Crippen LogP contribution in [0.3, 0.4) is 0 Å². The molecule has 0 bridgehead atoms. The largest absolute Gasteiger partial charge is 0.369 e. The second-order valence-electron chi connectivity index (χ2n) is 3.75. The molecule has 2 N–H and O–H groups in total. The molecule has 2 heterocycles. The van der Waals surface area contributed by atoms with Crippen LogP contribution >= 0.6 is 11.6 Å². The quantitative estimate of drug-likeness (QED) is 0.873. The smallest absolute Gasteiger partial charge is 0.264 e. The van der Waals surface area contributed by atoms with Crippen LogP contribution in [-0.4, -0.2) is 30.1 Å². The van der Waals surface area contributed by atoms with Crippen LogP contribution in [0.25, 0.3) is 0 Å². The van der Waals surface area contributed by atoms with E-state index in [0.717, 1.165) is 0 Å². The Balaban J connectivity index is 2.28. The van der Waals surface area contributed by atoms with Crippen LogP contribution in [0.5, 0.6) is 0 Å². The van der Waals surface area contributed by atoms with Crippen molar-refractivity contribution in [3.8, 4) is 0 Å². The minimum atomic E-state index is -3.79. The average Bonchev–Trinajstić information content (AvgIpc) is 2.42. The first-order valence-corrected chi connectivity index (χ1v) is 7.59. The average molecular weight is 314 g/mol. The van der Waals surface area contributed by atoms with Crippen molar-refractivity contribution >= 4 is 33.3 Å². The van der Waals surface area contributed by atoms with Crippen molar-refractivity contribution in [1.29, 1.82) is 0 Å². The molecular formula is C11H12ClN5O2S. The Morgan fingerprint density at radius 1 is 1.40 bits per heavy atom. The van der Waals surface area contributed by atoms with E-state index in [2.05, 4.69) is 25.2 Å². The summed E-state index contributed by atoms with van der Waals surface area (Å²) in [5.74, 6) is 0.562. The summed E-state index contributed by atoms with van der Waals surface area (Å²) < 4.78 is 26.5. The molecule has 0 atom stereocenters. The van der Waals surface area contributed by atoms with Crippen LogP contribution in [0.2, 0.25) is 5.02 Å². The molecule has 2 rings (SSSR count). The third-order valence-corrected chi connectivity index (χ3v) is 3.89. The third kappa shape index (κ3) is 3.34. The number of anilines is 2. The second kappa shape index (κ2) is 6.02. The summed E-state index contributed by atoms with van der Waals surface area (Å²) in [6, 6.07) is 4.39. The normalized spacial score (nSPS) is 11.1. The summed E-state index contributed by atoms with van der Waals surface area (Å²) in [7, 11) is -3.79. The minimum absolute atomic E-state index is 0.0465. The summed E-state index contributed by atoms with van der Waals surface area (Å²) in [4.78, 5) is 3.93. The lowest BCUT2D eigenvalue weighted by Gasteiger charge is -2.09. The minimum Gasteiger partial charge on any atom is -0.369 e. The van der Waals surface area contributed by atoms with Gasteiger partial charge in [0.15, 0.2) is 5.82 Å². The van der Waals surface area contributed by atoms with E-state index in [4.69, 9.17) is 11.6 Å². The number of nitrogens with one attached hydrogen (secondary N) is 2. The molecule has 0 aliphatic carbocycles. The Morgan fingerprint density at radius 2 is 2.20 bits per heavy atom. The lowest BCUT2D eigenvalue weighted by atomic mass is 10.4. The Hall–Kier alpha value is -1.93. The fourth-order valence-electron chi connectivity index (χ4n) is 1.42. The molecule has 9 heteroatoms. The van der Waals surface area contributed by atoms with Gasteiger partial charge in [0.2, 0.25) is 0 Å². The first kappa shape index (κ1) is 14.5. The van der Waals surface area contributed by atoms with E-state index < -0.39 is 10.0 Å². The van der Waals surface area contributed by atoms with Gasteiger partial charge in [-0.1, -0.05) is 11.6 Å². The maximum atomic E-state index is 12.1. The van der Waals surface area contributed by atoms with Crippen molar-refractivity contribution in [1.82, 2.24) is 15.2 Å². The number of rotatable bonds is 5. The maximum absolute atomic E-state index is 12.1. The SMILES string of the molecule is CCNc1ncc(S(=O)(=O)Nc2cccnn2)cc1Cl. The van der Waals surface area contributed by atoms with Crippen LogP contribution in [0.15, 0.2) is 35.5 Å². The van der Waals surface area contributed by atoms with Crippen LogP contribution in [0.1, 0.15) is 6.92 Å². The predicted molar refractivity (Wildman–Crippen MR) is 76.3 cm³/mol. The lowest BCUT2D eigenvalue weighted by molar-refractivity contribution is 0.600. The van der Waals surface area contributed by atoms with Gasteiger partial charge in [-0.3, -0.25) is 4.72 Å². The van der Waals surface area contributed by atoms with Gasteiger partial charge in [0, 0.05) is 18.9 Å². The number of sulfonamides is 1. The Kier molecular flexibility index (Phi) is 4.35. The zero-order valence-corrected chi connectivity index (χ0v) is 12.1. The molecule has 0 radical (unpaired) electrons. The summed E-state index contributed by atoms with van der Waals surface area (Å²) in [6.45, 7) is 2.52. The van der Waals surface area contributed by atoms with Crippen LogP contribution < -0.4 is 10.0 Å². The first-order chi connectivity index (χ1) is 9.53. The highest BCUT2D eigenvalue weighted by molar-refractivity contribution is 7.92. The first-order valence-electron chi connectivity index (χ1n) is 5.73. The van der Waals surface area contributed by atoms with Crippen molar-refractivity contribution in [2.24, 2.45) is 0 Å². The second-order valence-corrected chi connectivity index (χ2v) is 5.84. The predicted octanol–water partition coefficient (Wildman–Crippen LogP) is 1.76. The van der Waals surface area contributed by atoms with Gasteiger partial charge in [-0.25, -0.2) is 13.4 Å². The molecule has 2 aromatic heterocycles. The molecule has 0 spiro atoms. The summed E-state index contributed by atoms with van der Waals surface area (Å²) in [5.41, 5.74) is 0. The van der Waals surface area contributed by atoms with Gasteiger partial charge in [-0.05, 0) is 25.1 Å². The molecule has 7 nitrogen and oxygen atoms in total. The van der Waals surface area contributed by atoms with E-state index in [1.54, 1.807) is 6.07 Å². The highest BCUT2D eigenvalue weighted by Gasteiger charge is 2.17. The number of halogens is 1. The van der Waals surface area contributed by atoms with Crippen molar-refractivity contribution in [2.45, 2.75) is 11.8 Å². The molecule has 0 aromatic carbocycles. The number of aromatic nitrogens is 3. The molecule has 2 aromatic rings. The van der Waals surface area contributed by atoms with Gasteiger partial charge in [-0.15, -0.1) is 5.10 Å². The van der Waals surface area contributed by atoms with Gasteiger partial charge in [0.25, 0.3) is 10.0 Å². The van der Waals surface area contributed by atoms with Crippen LogP contribution in [0.4, 0.5) is 11.6 Å². The fourth-order valence-corrected chi connectivity index (χ4v) is 2.68. The third-order valence-electron chi connectivity index (χ3n) is 2.28. The highest BCUT2D eigenvalue weighted by atomic mass is 35.5. The molecule has 0 amide bonds. The molecule has 0 aliphatic rings. The van der Waals surface area contributed by atoms with E-state index in [0.29, 0.717) is 12.4 Å². The summed E-state index contributed by atoms with van der Waals surface area (Å²) in [6.07, 6.45) is 2.67. The standard InChI is InChI=1S/C11H12ClN5O2S/c1-2-13-11-9(12)6-8(7-14-11)20(18,19)17-10-4-3-5-15-16-10/h3-7H,2H2,1H3,(H,13,14)(H,16,17). The van der Waals surface area contributed by atoms with Gasteiger partial charge < -0.3 is 5.32 Å². The number of hydrogen-bond acceptors (Lipinski definition) is 6. The molecule has 106 valence electrons. The van der Waals surface area contributed by atoms with Crippen molar-refractivity contribution in [2.75, 3.05) is 16.6 Å². The zero-order chi connectivity index (χ0) is 14.6. The van der Waals surface area contributed by atoms with Crippen LogP contribution in [0, 0.1) is 0 Å². The molecule has 0 unspecified atom stereocenters. The number of pyridine rings is 1. The monoisotopic (exact) mass is 313 g/mol. The molecule has 0 fully saturated rings. The van der Waals surface area contributed by atoms with Gasteiger partial charge >= 0.3 is 0 Å². The van der Waals surface area contributed by atoms with Crippen molar-refractivity contribution in [3.05, 3.63) is 35.6 Å². The summed E-state index contributed by atoms with van der Waals surface area (Å²) in [5, 5.41) is 10.4. The van der Waals surface area contributed by atoms with E-state index in [-0.39, 0.29) is 15.7 Å². The topological polar surface area (TPSA) is 96.9 Å². The molecule has 0 saturated heterocycles. The summed E-state index contributed by atoms with van der Waals surface area (Å²) >= 11 is 5.97. The molecule has 20 heavy (non-hydrogen) atoms. The molecule has 0 saturated carbocycles.